The van der Waals surface area contributed by atoms with E-state index in [9.17, 15) is 9.90 Å². The maximum atomic E-state index is 9.98. The third-order valence-corrected chi connectivity index (χ3v) is 1.50. The number of carbonyl (C=O) groups excluding carboxylic acids is 1. The molecule has 0 aliphatic heterocycles. The zero-order valence-electron chi connectivity index (χ0n) is 7.57. The van der Waals surface area contributed by atoms with Crippen molar-refractivity contribution in [2.75, 3.05) is 6.61 Å². The van der Waals surface area contributed by atoms with Crippen LogP contribution in [-0.2, 0) is 4.79 Å². The van der Waals surface area contributed by atoms with Crippen molar-refractivity contribution in [1.29, 1.82) is 0 Å². The van der Waals surface area contributed by atoms with E-state index in [0.717, 1.165) is 0 Å². The second-order valence-electron chi connectivity index (χ2n) is 2.49. The zero-order chi connectivity index (χ0) is 10.6. The molecule has 0 spiro atoms. The van der Waals surface area contributed by atoms with Crippen molar-refractivity contribution < 1.29 is 65.0 Å². The molecule has 14 heavy (non-hydrogen) atoms. The van der Waals surface area contributed by atoms with E-state index in [1.807, 2.05) is 0 Å². The molecule has 0 aromatic rings. The SMILES string of the molecule is O=C([O-])[C@@H](O)[C@H](O)[C@@H](O)[C@@H](O)CO.[Na+]. The van der Waals surface area contributed by atoms with E-state index in [1.54, 1.807) is 0 Å². The van der Waals surface area contributed by atoms with Crippen LogP contribution in [0.3, 0.4) is 0 Å². The minimum Gasteiger partial charge on any atom is -0.547 e. The van der Waals surface area contributed by atoms with Crippen molar-refractivity contribution in [2.24, 2.45) is 0 Å². The summed E-state index contributed by atoms with van der Waals surface area (Å²) in [4.78, 5) is 9.98. The summed E-state index contributed by atoms with van der Waals surface area (Å²) < 4.78 is 0. The number of carboxylic acids is 1. The van der Waals surface area contributed by atoms with Crippen LogP contribution in [0.1, 0.15) is 0 Å². The number of hydrogen-bond acceptors (Lipinski definition) is 7. The van der Waals surface area contributed by atoms with Gasteiger partial charge in [-0.1, -0.05) is 0 Å². The number of carboxylic acid groups (broad SMARTS) is 1. The Morgan fingerprint density at radius 3 is 1.86 bits per heavy atom. The van der Waals surface area contributed by atoms with Gasteiger partial charge >= 0.3 is 29.6 Å². The van der Waals surface area contributed by atoms with Crippen LogP contribution in [0.4, 0.5) is 0 Å². The molecule has 0 fully saturated rings. The number of aliphatic hydroxyl groups excluding tert-OH is 5. The first-order chi connectivity index (χ1) is 5.91. The van der Waals surface area contributed by atoms with Gasteiger partial charge in [0.2, 0.25) is 0 Å². The van der Waals surface area contributed by atoms with Gasteiger partial charge in [-0.25, -0.2) is 0 Å². The summed E-state index contributed by atoms with van der Waals surface area (Å²) in [5, 5.41) is 53.4. The molecule has 0 heterocycles. The number of rotatable bonds is 5. The Morgan fingerprint density at radius 2 is 1.57 bits per heavy atom. The second-order valence-corrected chi connectivity index (χ2v) is 2.49. The summed E-state index contributed by atoms with van der Waals surface area (Å²) in [6.07, 6.45) is -8.08. The van der Waals surface area contributed by atoms with Crippen LogP contribution < -0.4 is 34.7 Å². The molecule has 5 N–H and O–H groups in total. The van der Waals surface area contributed by atoms with Crippen LogP contribution in [0.5, 0.6) is 0 Å². The van der Waals surface area contributed by atoms with Crippen LogP contribution in [0.2, 0.25) is 0 Å². The normalized spacial score (nSPS) is 18.9. The monoisotopic (exact) mass is 218 g/mol. The average molecular weight is 218 g/mol. The third-order valence-electron chi connectivity index (χ3n) is 1.50. The fraction of sp³-hybridized carbons (Fsp3) is 0.833. The third kappa shape index (κ3) is 4.67. The molecule has 4 atom stereocenters. The summed E-state index contributed by atoms with van der Waals surface area (Å²) in [5.41, 5.74) is 0. The molecule has 0 rings (SSSR count). The molecular weight excluding hydrogens is 207 g/mol. The van der Waals surface area contributed by atoms with Crippen LogP contribution in [0, 0.1) is 0 Å². The summed E-state index contributed by atoms with van der Waals surface area (Å²) >= 11 is 0. The molecule has 78 valence electrons. The van der Waals surface area contributed by atoms with Gasteiger partial charge in [0.1, 0.15) is 24.4 Å². The molecule has 0 unspecified atom stereocenters. The summed E-state index contributed by atoms with van der Waals surface area (Å²) in [7, 11) is 0. The molecule has 8 heteroatoms. The number of aliphatic hydroxyl groups is 5. The van der Waals surface area contributed by atoms with Gasteiger partial charge in [-0.15, -0.1) is 0 Å². The summed E-state index contributed by atoms with van der Waals surface area (Å²) in [5.74, 6) is -1.98. The number of carbonyl (C=O) groups is 1. The second kappa shape index (κ2) is 7.55. The van der Waals surface area contributed by atoms with Crippen LogP contribution >= 0.6 is 0 Å². The Labute approximate surface area is 102 Å². The molecule has 0 saturated heterocycles. The van der Waals surface area contributed by atoms with Crippen molar-refractivity contribution in [2.45, 2.75) is 24.4 Å². The fourth-order valence-electron chi connectivity index (χ4n) is 0.662. The van der Waals surface area contributed by atoms with E-state index in [1.165, 1.54) is 0 Å². The van der Waals surface area contributed by atoms with Gasteiger partial charge in [0, 0.05) is 0 Å². The zero-order valence-corrected chi connectivity index (χ0v) is 9.57. The quantitative estimate of drug-likeness (QED) is 0.288. The van der Waals surface area contributed by atoms with Crippen LogP contribution in [-0.4, -0.2) is 62.5 Å². The molecular formula is C6H11NaO7. The van der Waals surface area contributed by atoms with Gasteiger partial charge in [0.25, 0.3) is 0 Å². The molecule has 0 radical (unpaired) electrons. The van der Waals surface area contributed by atoms with E-state index < -0.39 is 37.0 Å². The Balaban J connectivity index is 0. The molecule has 0 bridgehead atoms. The minimum atomic E-state index is -2.31. The summed E-state index contributed by atoms with van der Waals surface area (Å²) in [6, 6.07) is 0. The molecule has 0 aliphatic carbocycles. The fourth-order valence-corrected chi connectivity index (χ4v) is 0.662. The molecule has 0 aromatic carbocycles. The van der Waals surface area contributed by atoms with Crippen molar-refractivity contribution in [1.82, 2.24) is 0 Å². The molecule has 0 aromatic heterocycles. The van der Waals surface area contributed by atoms with Crippen LogP contribution in [0.15, 0.2) is 0 Å². The first kappa shape index (κ1) is 16.7. The first-order valence-corrected chi connectivity index (χ1v) is 3.45. The largest absolute Gasteiger partial charge is 1.00 e. The molecule has 0 amide bonds. The van der Waals surface area contributed by atoms with E-state index in [-0.39, 0.29) is 29.6 Å². The predicted octanol–water partition coefficient (Wildman–Crippen LogP) is -7.82. The Kier molecular flexibility index (Phi) is 9.00. The van der Waals surface area contributed by atoms with Crippen molar-refractivity contribution in [3.05, 3.63) is 0 Å². The topological polar surface area (TPSA) is 141 Å². The predicted molar refractivity (Wildman–Crippen MR) is 36.1 cm³/mol. The van der Waals surface area contributed by atoms with E-state index in [4.69, 9.17) is 25.5 Å². The maximum absolute atomic E-state index is 9.98. The van der Waals surface area contributed by atoms with Crippen molar-refractivity contribution >= 4 is 5.97 Å². The number of hydrogen-bond donors (Lipinski definition) is 5. The first-order valence-electron chi connectivity index (χ1n) is 3.45. The summed E-state index contributed by atoms with van der Waals surface area (Å²) in [6.45, 7) is -0.863. The van der Waals surface area contributed by atoms with E-state index >= 15 is 0 Å². The molecule has 0 saturated carbocycles. The van der Waals surface area contributed by atoms with Crippen molar-refractivity contribution in [3.8, 4) is 0 Å². The standard InChI is InChI=1S/C6H12O7.Na/c7-1-2(8)3(9)4(10)5(11)6(12)13;/h2-5,7-11H,1H2,(H,12,13);/q;+1/p-1/t2-,3-,4+,5-;/m0./s1. The Hall–Kier alpha value is 0.270. The van der Waals surface area contributed by atoms with Crippen LogP contribution in [0.25, 0.3) is 0 Å². The Bertz CT molecular complexity index is 176. The Morgan fingerprint density at radius 1 is 1.14 bits per heavy atom. The maximum Gasteiger partial charge on any atom is 1.00 e. The average Bonchev–Trinajstić information content (AvgIpc) is 2.12. The molecule has 0 aliphatic rings. The van der Waals surface area contributed by atoms with Gasteiger partial charge in [0.05, 0.1) is 12.6 Å². The van der Waals surface area contributed by atoms with Gasteiger partial charge in [0.15, 0.2) is 0 Å². The van der Waals surface area contributed by atoms with Gasteiger partial charge in [-0.05, 0) is 0 Å². The van der Waals surface area contributed by atoms with Gasteiger partial charge in [-0.2, -0.15) is 0 Å². The van der Waals surface area contributed by atoms with Crippen molar-refractivity contribution in [3.63, 3.8) is 0 Å². The van der Waals surface area contributed by atoms with Gasteiger partial charge < -0.3 is 35.4 Å². The van der Waals surface area contributed by atoms with Gasteiger partial charge in [-0.3, -0.25) is 0 Å². The van der Waals surface area contributed by atoms with E-state index in [0.29, 0.717) is 0 Å². The smallest absolute Gasteiger partial charge is 0.547 e. The number of aliphatic carboxylic acids is 1. The molecule has 7 nitrogen and oxygen atoms in total. The van der Waals surface area contributed by atoms with E-state index in [2.05, 4.69) is 0 Å². The minimum absolute atomic E-state index is 0.